The zero-order valence-corrected chi connectivity index (χ0v) is 35.5. The summed E-state index contributed by atoms with van der Waals surface area (Å²) < 4.78 is 12.2. The van der Waals surface area contributed by atoms with Crippen molar-refractivity contribution in [2.24, 2.45) is 11.8 Å². The first-order chi connectivity index (χ1) is 27.7. The molecule has 2 heterocycles. The summed E-state index contributed by atoms with van der Waals surface area (Å²) in [5.74, 6) is -7.16. The van der Waals surface area contributed by atoms with E-state index in [1.807, 2.05) is 6.92 Å². The number of phenolic OH excluding ortho intramolecular Hbond substituents is 1. The molecule has 20 heteroatoms. The number of aliphatic hydroxyl groups excluding tert-OH is 1. The van der Waals surface area contributed by atoms with Crippen molar-refractivity contribution in [3.05, 3.63) is 29.8 Å². The van der Waals surface area contributed by atoms with Gasteiger partial charge < -0.3 is 52.3 Å². The molecule has 3 rings (SSSR count). The Bertz CT molecular complexity index is 1730. The average molecular weight is 849 g/mol. The first kappa shape index (κ1) is 48.3. The van der Waals surface area contributed by atoms with Crippen molar-refractivity contribution in [3.8, 4) is 5.75 Å². The fourth-order valence-corrected chi connectivity index (χ4v) is 7.25. The highest BCUT2D eigenvalue weighted by Crippen LogP contribution is 2.22. The predicted molar refractivity (Wildman–Crippen MR) is 216 cm³/mol. The minimum absolute atomic E-state index is 0.00649. The summed E-state index contributed by atoms with van der Waals surface area (Å²) >= 11 is 0. The quantitative estimate of drug-likeness (QED) is 0.129. The van der Waals surface area contributed by atoms with Gasteiger partial charge in [-0.3, -0.25) is 42.6 Å². The monoisotopic (exact) mass is 848 g/mol. The third kappa shape index (κ3) is 14.0. The highest BCUT2D eigenvalue weighted by Gasteiger charge is 2.41. The molecule has 0 spiro atoms. The molecule has 0 radical (unpaired) electrons. The smallest absolute Gasteiger partial charge is 0.246 e. The van der Waals surface area contributed by atoms with E-state index in [0.717, 1.165) is 0 Å². The zero-order chi connectivity index (χ0) is 44.1. The van der Waals surface area contributed by atoms with E-state index in [-0.39, 0.29) is 37.3 Å². The van der Waals surface area contributed by atoms with Crippen molar-refractivity contribution in [1.82, 2.24) is 42.1 Å². The fourth-order valence-electron chi connectivity index (χ4n) is 6.68. The zero-order valence-electron chi connectivity index (χ0n) is 34.7. The van der Waals surface area contributed by atoms with Gasteiger partial charge in [-0.2, -0.15) is 0 Å². The van der Waals surface area contributed by atoms with Crippen LogP contribution in [0.1, 0.15) is 72.8 Å². The van der Waals surface area contributed by atoms with E-state index in [1.165, 1.54) is 49.3 Å². The van der Waals surface area contributed by atoms with Crippen LogP contribution in [-0.2, 0) is 55.6 Å². The number of carbonyl (C=O) groups is 8. The van der Waals surface area contributed by atoms with E-state index in [1.54, 1.807) is 20.8 Å². The largest absolute Gasteiger partial charge is 0.508 e. The Kier molecular flexibility index (Phi) is 18.3. The van der Waals surface area contributed by atoms with Gasteiger partial charge in [-0.15, -0.1) is 0 Å². The van der Waals surface area contributed by atoms with Crippen LogP contribution in [0.25, 0.3) is 0 Å². The molecule has 59 heavy (non-hydrogen) atoms. The SMILES string of the molecule is CCC(C)C1NC(=O)C(C)NC(=O)C(C(C)C)NC(=O)C(C(C)O)NC(=O)CNC(=O)C(Cc2ccc(O)cc2)NC(=O)C(CCS(C)=O)NC(=O)C2CCCN2C1=O. The summed E-state index contributed by atoms with van der Waals surface area (Å²) in [5.41, 5.74) is 0.503. The topological polar surface area (TPSA) is 282 Å². The molecule has 19 nitrogen and oxygen atoms in total. The number of carbonyl (C=O) groups excluding carboxylic acids is 8. The van der Waals surface area contributed by atoms with Crippen molar-refractivity contribution >= 4 is 58.1 Å². The van der Waals surface area contributed by atoms with E-state index < -0.39 is 125 Å². The van der Waals surface area contributed by atoms with Gasteiger partial charge in [-0.05, 0) is 62.6 Å². The Morgan fingerprint density at radius 2 is 1.37 bits per heavy atom. The lowest BCUT2D eigenvalue weighted by Gasteiger charge is -2.33. The molecule has 0 bridgehead atoms. The molecule has 0 aromatic heterocycles. The lowest BCUT2D eigenvalue weighted by atomic mass is 9.96. The van der Waals surface area contributed by atoms with Gasteiger partial charge in [-0.25, -0.2) is 0 Å². The highest BCUT2D eigenvalue weighted by molar-refractivity contribution is 7.84. The Labute approximate surface area is 346 Å². The minimum atomic E-state index is -1.59. The number of benzene rings is 1. The first-order valence-corrected chi connectivity index (χ1v) is 21.6. The van der Waals surface area contributed by atoms with E-state index in [9.17, 15) is 52.8 Å². The molecule has 1 aromatic carbocycles. The van der Waals surface area contributed by atoms with Crippen molar-refractivity contribution in [2.75, 3.05) is 25.1 Å². The summed E-state index contributed by atoms with van der Waals surface area (Å²) in [4.78, 5) is 111. The van der Waals surface area contributed by atoms with Crippen LogP contribution in [0.3, 0.4) is 0 Å². The van der Waals surface area contributed by atoms with Crippen molar-refractivity contribution < 1.29 is 52.8 Å². The van der Waals surface area contributed by atoms with Crippen LogP contribution in [0.5, 0.6) is 5.75 Å². The number of fused-ring (bicyclic) bond motifs is 1. The minimum Gasteiger partial charge on any atom is -0.508 e. The Hall–Kier alpha value is -5.11. The molecule has 1 aromatic rings. The van der Waals surface area contributed by atoms with Crippen molar-refractivity contribution in [2.45, 2.75) is 122 Å². The van der Waals surface area contributed by atoms with Gasteiger partial charge in [0, 0.05) is 35.8 Å². The van der Waals surface area contributed by atoms with Crippen LogP contribution in [0.4, 0.5) is 0 Å². The molecule has 0 saturated carbocycles. The maximum absolute atomic E-state index is 14.2. The van der Waals surface area contributed by atoms with Crippen LogP contribution >= 0.6 is 0 Å². The summed E-state index contributed by atoms with van der Waals surface area (Å²) in [6, 6.07) is -3.04. The maximum atomic E-state index is 14.2. The molecular formula is C39H60N8O11S. The van der Waals surface area contributed by atoms with Gasteiger partial charge in [0.25, 0.3) is 0 Å². The molecular weight excluding hydrogens is 789 g/mol. The summed E-state index contributed by atoms with van der Waals surface area (Å²) in [7, 11) is -1.39. The lowest BCUT2D eigenvalue weighted by Crippen LogP contribution is -2.62. The predicted octanol–water partition coefficient (Wildman–Crippen LogP) is -2.16. The third-order valence-corrected chi connectivity index (χ3v) is 11.3. The molecule has 2 saturated heterocycles. The van der Waals surface area contributed by atoms with Gasteiger partial charge in [-0.1, -0.05) is 46.2 Å². The Morgan fingerprint density at radius 1 is 0.763 bits per heavy atom. The number of aliphatic hydroxyl groups is 1. The Morgan fingerprint density at radius 3 is 1.97 bits per heavy atom. The van der Waals surface area contributed by atoms with Crippen LogP contribution in [-0.4, -0.2) is 140 Å². The van der Waals surface area contributed by atoms with Gasteiger partial charge in [0.05, 0.1) is 12.6 Å². The summed E-state index contributed by atoms with van der Waals surface area (Å²) in [6.07, 6.45) is 0.855. The number of nitrogens with one attached hydrogen (secondary N) is 7. The van der Waals surface area contributed by atoms with Crippen molar-refractivity contribution in [3.63, 3.8) is 0 Å². The fraction of sp³-hybridized carbons (Fsp3) is 0.641. The molecule has 2 aliphatic heterocycles. The average Bonchev–Trinajstić information content (AvgIpc) is 3.68. The second-order valence-corrected chi connectivity index (χ2v) is 17.1. The molecule has 9 N–H and O–H groups in total. The van der Waals surface area contributed by atoms with Crippen LogP contribution < -0.4 is 37.2 Å². The van der Waals surface area contributed by atoms with E-state index in [2.05, 4.69) is 37.2 Å². The molecule has 2 fully saturated rings. The maximum Gasteiger partial charge on any atom is 0.246 e. The normalized spacial score (nSPS) is 27.7. The number of rotatable bonds is 9. The number of hydrogen-bond acceptors (Lipinski definition) is 11. The second-order valence-electron chi connectivity index (χ2n) is 15.6. The third-order valence-electron chi connectivity index (χ3n) is 10.5. The van der Waals surface area contributed by atoms with E-state index in [4.69, 9.17) is 0 Å². The van der Waals surface area contributed by atoms with Crippen molar-refractivity contribution in [1.29, 1.82) is 0 Å². The van der Waals surface area contributed by atoms with Gasteiger partial charge >= 0.3 is 0 Å². The Balaban J connectivity index is 2.06. The molecule has 2 aliphatic rings. The van der Waals surface area contributed by atoms with Crippen LogP contribution in [0, 0.1) is 11.8 Å². The lowest BCUT2D eigenvalue weighted by molar-refractivity contribution is -0.143. The van der Waals surface area contributed by atoms with Crippen LogP contribution in [0.2, 0.25) is 0 Å². The van der Waals surface area contributed by atoms with Gasteiger partial charge in [0.1, 0.15) is 48.0 Å². The molecule has 10 atom stereocenters. The second kappa shape index (κ2) is 22.3. The molecule has 10 unspecified atom stereocenters. The first-order valence-electron chi connectivity index (χ1n) is 19.9. The van der Waals surface area contributed by atoms with E-state index >= 15 is 0 Å². The highest BCUT2D eigenvalue weighted by atomic mass is 32.2. The van der Waals surface area contributed by atoms with Gasteiger partial charge in [0.2, 0.25) is 47.3 Å². The van der Waals surface area contributed by atoms with Crippen LogP contribution in [0.15, 0.2) is 24.3 Å². The molecule has 0 aliphatic carbocycles. The summed E-state index contributed by atoms with van der Waals surface area (Å²) in [6.45, 7) is 8.95. The number of aromatic hydroxyl groups is 1. The van der Waals surface area contributed by atoms with Gasteiger partial charge in [0.15, 0.2) is 0 Å². The molecule has 328 valence electrons. The number of hydrogen-bond donors (Lipinski definition) is 9. The number of nitrogens with zero attached hydrogens (tertiary/aromatic N) is 1. The number of amides is 8. The summed E-state index contributed by atoms with van der Waals surface area (Å²) in [5, 5.41) is 38.2. The van der Waals surface area contributed by atoms with E-state index in [0.29, 0.717) is 18.4 Å². The standard InChI is InChI=1S/C39H60N8O11S/c1-8-21(4)31-39(57)47-16-9-10-28(47)36(54)42-26(15-17-59(7)58)35(53)43-27(18-24-11-13-25(49)14-12-24)34(52)40-19-29(50)44-32(23(6)48)38(56)45-30(20(2)3)37(55)41-22(5)33(51)46-31/h11-14,20-23,26-28,30-32,48-49H,8-10,15-19H2,1-7H3,(H,40,52)(H,41,55)(H,42,54)(H,43,53)(H,44,50)(H,45,56)(H,46,51). The number of phenols is 1. The molecule has 8 amide bonds.